The van der Waals surface area contributed by atoms with E-state index in [1.54, 1.807) is 11.5 Å². The standard InChI is InChI=1S/C20H28N7O6P/c1-4-12-15(28)13(8-32-34(30)26-10(3)19(29)31-5-2)33-18(12)27-9-22-14-16(23-11-6-7-11)24-20(21)25-17(14)27/h1,9-13,15,18,28,34H,5-8H2,2-3H3,(H,26,30)(H3,21,23,24,25)/t10?,12-,13+,15-,18+/m0/s1. The van der Waals surface area contributed by atoms with Crippen molar-refractivity contribution < 1.29 is 28.5 Å². The zero-order valence-electron chi connectivity index (χ0n) is 18.8. The molecule has 0 bridgehead atoms. The highest BCUT2D eigenvalue weighted by Gasteiger charge is 2.45. The van der Waals surface area contributed by atoms with Gasteiger partial charge < -0.3 is 30.2 Å². The number of hydrogen-bond donors (Lipinski definition) is 4. The summed E-state index contributed by atoms with van der Waals surface area (Å²) in [6, 6.07) is -0.483. The third-order valence-electron chi connectivity index (χ3n) is 5.55. The number of aromatic nitrogens is 4. The average Bonchev–Trinajstić information content (AvgIpc) is 3.42. The second-order valence-corrected chi connectivity index (χ2v) is 9.29. The number of rotatable bonds is 10. The van der Waals surface area contributed by atoms with Crippen LogP contribution in [-0.4, -0.2) is 68.1 Å². The highest BCUT2D eigenvalue weighted by atomic mass is 31.1. The van der Waals surface area contributed by atoms with E-state index in [1.807, 2.05) is 0 Å². The van der Waals surface area contributed by atoms with E-state index in [2.05, 4.69) is 31.3 Å². The quantitative estimate of drug-likeness (QED) is 0.204. The zero-order valence-corrected chi connectivity index (χ0v) is 19.8. The summed E-state index contributed by atoms with van der Waals surface area (Å²) >= 11 is 0. The van der Waals surface area contributed by atoms with Gasteiger partial charge >= 0.3 is 5.97 Å². The number of nitrogen functional groups attached to an aromatic ring is 1. The molecule has 2 aromatic rings. The molecule has 1 aliphatic carbocycles. The molecular weight excluding hydrogens is 465 g/mol. The van der Waals surface area contributed by atoms with Gasteiger partial charge in [-0.25, -0.2) is 10.1 Å². The van der Waals surface area contributed by atoms with Crippen LogP contribution in [0, 0.1) is 18.3 Å². The maximum absolute atomic E-state index is 12.2. The molecule has 0 aromatic carbocycles. The largest absolute Gasteiger partial charge is 0.465 e. The Kier molecular flexibility index (Phi) is 7.35. The first kappa shape index (κ1) is 24.4. The molecule has 6 atom stereocenters. The van der Waals surface area contributed by atoms with Crippen molar-refractivity contribution in [3.05, 3.63) is 6.33 Å². The van der Waals surface area contributed by atoms with Crippen LogP contribution in [0.4, 0.5) is 11.8 Å². The number of carbonyl (C=O) groups excluding carboxylic acids is 1. The number of nitrogens with two attached hydrogens (primary N) is 1. The molecule has 0 spiro atoms. The molecule has 3 heterocycles. The Bertz CT molecular complexity index is 1120. The van der Waals surface area contributed by atoms with Crippen molar-refractivity contribution >= 4 is 37.1 Å². The van der Waals surface area contributed by atoms with Gasteiger partial charge in [0.25, 0.3) is 8.18 Å². The Morgan fingerprint density at radius 3 is 2.94 bits per heavy atom. The van der Waals surface area contributed by atoms with Crippen LogP contribution in [0.3, 0.4) is 0 Å². The predicted octanol–water partition coefficient (Wildman–Crippen LogP) is 0.438. The minimum atomic E-state index is -2.81. The van der Waals surface area contributed by atoms with Crippen molar-refractivity contribution in [1.82, 2.24) is 24.6 Å². The number of nitrogens with zero attached hydrogens (tertiary/aromatic N) is 4. The molecule has 2 fully saturated rings. The Morgan fingerprint density at radius 2 is 2.26 bits per heavy atom. The van der Waals surface area contributed by atoms with Gasteiger partial charge in [0.2, 0.25) is 5.95 Å². The molecule has 5 N–H and O–H groups in total. The summed E-state index contributed by atoms with van der Waals surface area (Å²) in [5, 5.41) is 16.6. The van der Waals surface area contributed by atoms with Crippen LogP contribution in [0.1, 0.15) is 32.9 Å². The topological polar surface area (TPSA) is 176 Å². The van der Waals surface area contributed by atoms with Gasteiger partial charge in [-0.2, -0.15) is 9.97 Å². The molecule has 2 aromatic heterocycles. The lowest BCUT2D eigenvalue weighted by atomic mass is 10.0. The average molecular weight is 493 g/mol. The number of aliphatic hydroxyl groups is 1. The minimum absolute atomic E-state index is 0.0634. The molecular formula is C20H28N7O6P. The number of carbonyl (C=O) groups is 1. The van der Waals surface area contributed by atoms with Crippen molar-refractivity contribution in [2.24, 2.45) is 5.92 Å². The molecule has 1 saturated heterocycles. The third kappa shape index (κ3) is 5.16. The first-order chi connectivity index (χ1) is 16.3. The van der Waals surface area contributed by atoms with Crippen LogP contribution in [0.2, 0.25) is 0 Å². The maximum Gasteiger partial charge on any atom is 0.323 e. The molecule has 34 heavy (non-hydrogen) atoms. The van der Waals surface area contributed by atoms with Gasteiger partial charge in [-0.05, 0) is 26.7 Å². The lowest BCUT2D eigenvalue weighted by Crippen LogP contribution is -2.33. The summed E-state index contributed by atoms with van der Waals surface area (Å²) in [6.07, 6.45) is 6.50. The number of esters is 1. The molecule has 1 aliphatic heterocycles. The van der Waals surface area contributed by atoms with E-state index in [-0.39, 0.29) is 19.2 Å². The molecule has 0 radical (unpaired) electrons. The number of imidazole rings is 1. The Balaban J connectivity index is 1.46. The fraction of sp³-hybridized carbons (Fsp3) is 0.600. The number of terminal acetylenes is 1. The first-order valence-electron chi connectivity index (χ1n) is 11.0. The van der Waals surface area contributed by atoms with Gasteiger partial charge in [0.05, 0.1) is 25.5 Å². The van der Waals surface area contributed by atoms with E-state index in [0.29, 0.717) is 23.0 Å². The number of hydrogen-bond acceptors (Lipinski definition) is 11. The molecule has 2 unspecified atom stereocenters. The summed E-state index contributed by atoms with van der Waals surface area (Å²) in [5.41, 5.74) is 6.83. The van der Waals surface area contributed by atoms with E-state index in [4.69, 9.17) is 26.2 Å². The molecule has 1 saturated carbocycles. The SMILES string of the molecule is C#C[C@H]1[C@H](O)[C@@H](CO[PH](=O)NC(C)C(=O)OCC)O[C@H]1n1cnc2c(NC3CC3)nc(N)nc21. The minimum Gasteiger partial charge on any atom is -0.465 e. The fourth-order valence-corrected chi connectivity index (χ4v) is 4.52. The van der Waals surface area contributed by atoms with Crippen LogP contribution in [-0.2, 0) is 23.4 Å². The van der Waals surface area contributed by atoms with E-state index in [1.165, 1.54) is 13.3 Å². The monoisotopic (exact) mass is 493 g/mol. The van der Waals surface area contributed by atoms with Crippen LogP contribution in [0.5, 0.6) is 0 Å². The highest BCUT2D eigenvalue weighted by molar-refractivity contribution is 7.36. The molecule has 14 heteroatoms. The number of ether oxygens (including phenoxy) is 2. The maximum atomic E-state index is 12.2. The van der Waals surface area contributed by atoms with E-state index in [0.717, 1.165) is 12.8 Å². The number of anilines is 2. The zero-order chi connectivity index (χ0) is 24.4. The summed E-state index contributed by atoms with van der Waals surface area (Å²) in [5.74, 6) is 1.84. The Labute approximate surface area is 196 Å². The second-order valence-electron chi connectivity index (χ2n) is 8.14. The smallest absolute Gasteiger partial charge is 0.323 e. The normalized spacial score (nSPS) is 26.2. The van der Waals surface area contributed by atoms with Crippen LogP contribution in [0.15, 0.2) is 6.33 Å². The molecule has 184 valence electrons. The molecule has 4 rings (SSSR count). The molecule has 0 amide bonds. The van der Waals surface area contributed by atoms with Crippen LogP contribution >= 0.6 is 8.18 Å². The van der Waals surface area contributed by atoms with E-state index < -0.39 is 44.5 Å². The fourth-order valence-electron chi connectivity index (χ4n) is 3.65. The Morgan fingerprint density at radius 1 is 1.50 bits per heavy atom. The van der Waals surface area contributed by atoms with Gasteiger partial charge in [0, 0.05) is 6.04 Å². The van der Waals surface area contributed by atoms with Gasteiger partial charge in [-0.1, -0.05) is 5.92 Å². The van der Waals surface area contributed by atoms with Crippen molar-refractivity contribution in [2.75, 3.05) is 24.3 Å². The van der Waals surface area contributed by atoms with Crippen molar-refractivity contribution in [3.63, 3.8) is 0 Å². The summed E-state index contributed by atoms with van der Waals surface area (Å²) < 4.78 is 30.0. The summed E-state index contributed by atoms with van der Waals surface area (Å²) in [4.78, 5) is 24.6. The van der Waals surface area contributed by atoms with Crippen molar-refractivity contribution in [2.45, 2.75) is 57.2 Å². The predicted molar refractivity (Wildman–Crippen MR) is 123 cm³/mol. The number of nitrogens with one attached hydrogen (secondary N) is 2. The summed E-state index contributed by atoms with van der Waals surface area (Å²) in [7, 11) is -2.81. The first-order valence-corrected chi connectivity index (χ1v) is 12.3. The van der Waals surface area contributed by atoms with Gasteiger partial charge in [-0.15, -0.1) is 6.42 Å². The number of aliphatic hydroxyl groups excluding tert-OH is 1. The Hall–Kier alpha value is -2.75. The lowest BCUT2D eigenvalue weighted by molar-refractivity contribution is -0.144. The highest BCUT2D eigenvalue weighted by Crippen LogP contribution is 2.38. The van der Waals surface area contributed by atoms with Crippen molar-refractivity contribution in [1.29, 1.82) is 0 Å². The lowest BCUT2D eigenvalue weighted by Gasteiger charge is -2.17. The summed E-state index contributed by atoms with van der Waals surface area (Å²) in [6.45, 7) is 3.19. The third-order valence-corrected chi connectivity index (χ3v) is 6.64. The number of fused-ring (bicyclic) bond motifs is 1. The van der Waals surface area contributed by atoms with Gasteiger partial charge in [-0.3, -0.25) is 13.9 Å². The van der Waals surface area contributed by atoms with Gasteiger partial charge in [0.1, 0.15) is 18.2 Å². The van der Waals surface area contributed by atoms with E-state index >= 15 is 0 Å². The van der Waals surface area contributed by atoms with Crippen LogP contribution < -0.4 is 16.1 Å². The second kappa shape index (κ2) is 10.2. The molecule has 2 aliphatic rings. The van der Waals surface area contributed by atoms with E-state index in [9.17, 15) is 14.5 Å². The molecule has 13 nitrogen and oxygen atoms in total. The van der Waals surface area contributed by atoms with Crippen LogP contribution in [0.25, 0.3) is 11.2 Å². The van der Waals surface area contributed by atoms with Crippen molar-refractivity contribution in [3.8, 4) is 12.3 Å². The van der Waals surface area contributed by atoms with Gasteiger partial charge in [0.15, 0.2) is 23.2 Å².